The molecule has 0 bridgehead atoms. The molecule has 1 fully saturated rings. The van der Waals surface area contributed by atoms with Crippen LogP contribution in [0.15, 0.2) is 47.4 Å². The zero-order valence-corrected chi connectivity index (χ0v) is 18.7. The predicted molar refractivity (Wildman–Crippen MR) is 116 cm³/mol. The number of hydrogen-bond acceptors (Lipinski definition) is 5. The number of nitrogens with zero attached hydrogens (tertiary/aromatic N) is 2. The highest BCUT2D eigenvalue weighted by molar-refractivity contribution is 7.89. The number of rotatable bonds is 6. The van der Waals surface area contributed by atoms with Crippen LogP contribution >= 0.6 is 0 Å². The molecule has 0 unspecified atom stereocenters. The maximum absolute atomic E-state index is 13.1. The van der Waals surface area contributed by atoms with Gasteiger partial charge in [-0.1, -0.05) is 18.2 Å². The van der Waals surface area contributed by atoms with Gasteiger partial charge in [-0.25, -0.2) is 8.42 Å². The van der Waals surface area contributed by atoms with Gasteiger partial charge >= 0.3 is 0 Å². The molecule has 1 heterocycles. The van der Waals surface area contributed by atoms with E-state index in [-0.39, 0.29) is 16.7 Å². The molecule has 0 aromatic heterocycles. The van der Waals surface area contributed by atoms with Crippen LogP contribution in [0.4, 0.5) is 0 Å². The van der Waals surface area contributed by atoms with Gasteiger partial charge in [0.15, 0.2) is 0 Å². The van der Waals surface area contributed by atoms with Crippen molar-refractivity contribution >= 4 is 21.8 Å². The van der Waals surface area contributed by atoms with E-state index in [9.17, 15) is 18.0 Å². The molecule has 8 nitrogen and oxygen atoms in total. The summed E-state index contributed by atoms with van der Waals surface area (Å²) in [6.45, 7) is 3.42. The molecule has 9 heteroatoms. The summed E-state index contributed by atoms with van der Waals surface area (Å²) in [5.74, 6) is -0.447. The minimum absolute atomic E-state index is 0.103. The van der Waals surface area contributed by atoms with Gasteiger partial charge in [0, 0.05) is 44.9 Å². The summed E-state index contributed by atoms with van der Waals surface area (Å²) < 4.78 is 32.5. The van der Waals surface area contributed by atoms with Crippen molar-refractivity contribution in [3.05, 3.63) is 64.7 Å². The van der Waals surface area contributed by atoms with Gasteiger partial charge in [-0.15, -0.1) is 0 Å². The number of sulfonamides is 1. The number of nitrogens with one attached hydrogen (secondary N) is 1. The maximum Gasteiger partial charge on any atom is 0.254 e. The number of aryl methyl sites for hydroxylation is 1. The summed E-state index contributed by atoms with van der Waals surface area (Å²) in [6, 6.07) is 11.6. The summed E-state index contributed by atoms with van der Waals surface area (Å²) in [7, 11) is -0.458. The minimum atomic E-state index is -3.69. The molecule has 2 aromatic carbocycles. The summed E-state index contributed by atoms with van der Waals surface area (Å²) in [5, 5.41) is 2.57. The molecule has 0 aliphatic carbocycles. The maximum atomic E-state index is 13.1. The Balaban J connectivity index is 1.79. The van der Waals surface area contributed by atoms with Gasteiger partial charge in [0.2, 0.25) is 10.0 Å². The molecular weight excluding hydrogens is 418 g/mol. The Morgan fingerprint density at radius 2 is 1.74 bits per heavy atom. The van der Waals surface area contributed by atoms with Crippen molar-refractivity contribution in [3.8, 4) is 0 Å². The summed E-state index contributed by atoms with van der Waals surface area (Å²) in [6.07, 6.45) is 0. The first-order valence-corrected chi connectivity index (χ1v) is 11.4. The van der Waals surface area contributed by atoms with Crippen LogP contribution in [0.3, 0.4) is 0 Å². The second-order valence-electron chi connectivity index (χ2n) is 7.43. The number of hydrogen-bond donors (Lipinski definition) is 1. The Morgan fingerprint density at radius 1 is 1.10 bits per heavy atom. The summed E-state index contributed by atoms with van der Waals surface area (Å²) >= 11 is 0. The van der Waals surface area contributed by atoms with Crippen LogP contribution in [0.5, 0.6) is 0 Å². The third-order valence-electron chi connectivity index (χ3n) is 5.26. The van der Waals surface area contributed by atoms with Crippen LogP contribution in [0, 0.1) is 6.92 Å². The van der Waals surface area contributed by atoms with Gasteiger partial charge in [-0.05, 0) is 42.3 Å². The molecule has 0 saturated carbocycles. The van der Waals surface area contributed by atoms with Crippen LogP contribution < -0.4 is 5.32 Å². The highest BCUT2D eigenvalue weighted by Gasteiger charge is 2.27. The van der Waals surface area contributed by atoms with E-state index in [1.807, 2.05) is 0 Å². The number of carbonyl (C=O) groups excluding carboxylic acids is 2. The molecule has 3 rings (SSSR count). The molecule has 0 atom stereocenters. The number of morpholine rings is 1. The van der Waals surface area contributed by atoms with Crippen molar-refractivity contribution in [1.82, 2.24) is 14.5 Å². The fourth-order valence-electron chi connectivity index (χ4n) is 3.39. The molecule has 166 valence electrons. The van der Waals surface area contributed by atoms with E-state index in [0.29, 0.717) is 49.5 Å². The third kappa shape index (κ3) is 5.12. The number of ether oxygens (including phenoxy) is 1. The smallest absolute Gasteiger partial charge is 0.254 e. The van der Waals surface area contributed by atoms with Crippen LogP contribution in [-0.4, -0.2) is 69.8 Å². The Labute approximate surface area is 182 Å². The van der Waals surface area contributed by atoms with Crippen molar-refractivity contribution in [2.24, 2.45) is 0 Å². The lowest BCUT2D eigenvalue weighted by Gasteiger charge is -2.26. The Hall–Kier alpha value is -2.75. The average molecular weight is 446 g/mol. The summed E-state index contributed by atoms with van der Waals surface area (Å²) in [5.41, 5.74) is 2.45. The first kappa shape index (κ1) is 22.9. The molecule has 0 spiro atoms. The molecular formula is C22H27N3O5S. The average Bonchev–Trinajstić information content (AvgIpc) is 2.79. The van der Waals surface area contributed by atoms with Crippen LogP contribution in [0.2, 0.25) is 0 Å². The lowest BCUT2D eigenvalue weighted by Crippen LogP contribution is -2.40. The lowest BCUT2D eigenvalue weighted by molar-refractivity contribution is 0.0730. The van der Waals surface area contributed by atoms with E-state index in [4.69, 9.17) is 4.74 Å². The lowest BCUT2D eigenvalue weighted by atomic mass is 10.1. The largest absolute Gasteiger partial charge is 0.379 e. The van der Waals surface area contributed by atoms with Crippen LogP contribution in [0.1, 0.15) is 31.8 Å². The second-order valence-corrected chi connectivity index (χ2v) is 9.37. The highest BCUT2D eigenvalue weighted by Crippen LogP contribution is 2.22. The first-order valence-electron chi connectivity index (χ1n) is 9.99. The zero-order valence-electron chi connectivity index (χ0n) is 17.9. The molecule has 0 radical (unpaired) electrons. The highest BCUT2D eigenvalue weighted by atomic mass is 32.2. The predicted octanol–water partition coefficient (Wildman–Crippen LogP) is 1.65. The van der Waals surface area contributed by atoms with Crippen LogP contribution in [0.25, 0.3) is 0 Å². The molecule has 1 aliphatic heterocycles. The Morgan fingerprint density at radius 3 is 2.35 bits per heavy atom. The van der Waals surface area contributed by atoms with Crippen molar-refractivity contribution in [2.75, 3.05) is 40.4 Å². The van der Waals surface area contributed by atoms with Gasteiger partial charge < -0.3 is 15.0 Å². The van der Waals surface area contributed by atoms with Gasteiger partial charge in [0.1, 0.15) is 0 Å². The van der Waals surface area contributed by atoms with E-state index in [2.05, 4.69) is 5.32 Å². The second kappa shape index (κ2) is 9.59. The fourth-order valence-corrected chi connectivity index (χ4v) is 4.82. The molecule has 1 aliphatic rings. The van der Waals surface area contributed by atoms with E-state index in [0.717, 1.165) is 5.56 Å². The van der Waals surface area contributed by atoms with Crippen molar-refractivity contribution in [1.29, 1.82) is 0 Å². The van der Waals surface area contributed by atoms with Crippen LogP contribution in [-0.2, 0) is 21.3 Å². The number of benzene rings is 2. The van der Waals surface area contributed by atoms with E-state index in [1.54, 1.807) is 51.4 Å². The molecule has 1 N–H and O–H groups in total. The Bertz CT molecular complexity index is 1060. The number of amides is 2. The van der Waals surface area contributed by atoms with Crippen molar-refractivity contribution < 1.29 is 22.7 Å². The first-order chi connectivity index (χ1) is 14.7. The van der Waals surface area contributed by atoms with Gasteiger partial charge in [-0.3, -0.25) is 9.59 Å². The standard InChI is InChI=1S/C22H27N3O5S/c1-16-4-9-19(31(28,29)25-10-12-30-13-11-25)14-20(16)22(27)24(3)15-17-5-7-18(8-6-17)21(26)23-2/h4-9,14H,10-13,15H2,1-3H3,(H,23,26). The zero-order chi connectivity index (χ0) is 22.6. The van der Waals surface area contributed by atoms with Gasteiger partial charge in [0.25, 0.3) is 11.8 Å². The minimum Gasteiger partial charge on any atom is -0.379 e. The number of carbonyl (C=O) groups is 2. The SMILES string of the molecule is CNC(=O)c1ccc(CN(C)C(=O)c2cc(S(=O)(=O)N3CCOCC3)ccc2C)cc1. The Kier molecular flexibility index (Phi) is 7.09. The quantitative estimate of drug-likeness (QED) is 0.729. The van der Waals surface area contributed by atoms with Gasteiger partial charge in [0.05, 0.1) is 18.1 Å². The topological polar surface area (TPSA) is 96.0 Å². The van der Waals surface area contributed by atoms with E-state index in [1.165, 1.54) is 21.3 Å². The summed E-state index contributed by atoms with van der Waals surface area (Å²) in [4.78, 5) is 26.4. The van der Waals surface area contributed by atoms with E-state index >= 15 is 0 Å². The van der Waals surface area contributed by atoms with Crippen molar-refractivity contribution in [3.63, 3.8) is 0 Å². The molecule has 31 heavy (non-hydrogen) atoms. The third-order valence-corrected chi connectivity index (χ3v) is 7.15. The molecule has 2 aromatic rings. The fraction of sp³-hybridized carbons (Fsp3) is 0.364. The van der Waals surface area contributed by atoms with E-state index < -0.39 is 10.0 Å². The normalized spacial score (nSPS) is 14.8. The van der Waals surface area contributed by atoms with Gasteiger partial charge in [-0.2, -0.15) is 4.31 Å². The molecule has 2 amide bonds. The monoisotopic (exact) mass is 445 g/mol. The molecule has 1 saturated heterocycles. The van der Waals surface area contributed by atoms with Crippen molar-refractivity contribution in [2.45, 2.75) is 18.4 Å².